The molecule has 0 saturated heterocycles. The lowest BCUT2D eigenvalue weighted by molar-refractivity contribution is -0.141. The molecule has 72 heavy (non-hydrogen) atoms. The van der Waals surface area contributed by atoms with E-state index in [0.29, 0.717) is 17.0 Å². The average molecular weight is 1010 g/mol. The van der Waals surface area contributed by atoms with Crippen LogP contribution in [0.5, 0.6) is 11.5 Å². The topological polar surface area (TPSA) is 369 Å². The molecule has 1 aliphatic heterocycles. The third-order valence-corrected chi connectivity index (χ3v) is 12.0. The Hall–Kier alpha value is -7.53. The Morgan fingerprint density at radius 1 is 0.986 bits per heavy atom. The van der Waals surface area contributed by atoms with Crippen molar-refractivity contribution in [3.8, 4) is 40.1 Å². The van der Waals surface area contributed by atoms with Crippen LogP contribution >= 0.6 is 0 Å². The number of aliphatic hydroxyl groups excluding tert-OH is 2. The summed E-state index contributed by atoms with van der Waals surface area (Å²) in [7, 11) is -3.29. The first-order chi connectivity index (χ1) is 33.8. The number of rotatable bonds is 16. The smallest absolute Gasteiger partial charge is 0.274 e. The summed E-state index contributed by atoms with van der Waals surface area (Å²) in [6.45, 7) is 8.84. The molecule has 1 aliphatic rings. The Morgan fingerprint density at radius 2 is 1.62 bits per heavy atom. The zero-order valence-corrected chi connectivity index (χ0v) is 41.6. The zero-order valence-electron chi connectivity index (χ0n) is 40.8. The summed E-state index contributed by atoms with van der Waals surface area (Å²) in [4.78, 5) is 81.1. The van der Waals surface area contributed by atoms with Crippen molar-refractivity contribution in [3.63, 3.8) is 0 Å². The number of nitrogens with two attached hydrogens (primary N) is 3. The number of ether oxygens (including phenoxy) is 2. The number of nitrogens with one attached hydrogen (secondary N) is 5. The Morgan fingerprint density at radius 3 is 2.22 bits per heavy atom. The second-order valence-corrected chi connectivity index (χ2v) is 19.3. The molecule has 0 spiro atoms. The fraction of sp³-hybridized carbons (Fsp3) is 0.375. The number of nitriles is 1. The number of fused-ring (bicyclic) bond motifs is 5. The van der Waals surface area contributed by atoms with E-state index in [1.165, 1.54) is 38.2 Å². The van der Waals surface area contributed by atoms with E-state index < -0.39 is 83.3 Å². The molecule has 3 aromatic carbocycles. The van der Waals surface area contributed by atoms with Crippen molar-refractivity contribution in [1.29, 1.82) is 5.26 Å². The third-order valence-electron chi connectivity index (χ3n) is 11.4. The molecular formula is C48H60N12O11S. The number of aliphatic hydroxyl groups is 2. The number of aromatic nitrogens is 2. The van der Waals surface area contributed by atoms with Gasteiger partial charge in [0.15, 0.2) is 5.82 Å². The van der Waals surface area contributed by atoms with Gasteiger partial charge < -0.3 is 57.3 Å². The van der Waals surface area contributed by atoms with Gasteiger partial charge in [-0.1, -0.05) is 57.2 Å². The first-order valence-electron chi connectivity index (χ1n) is 22.5. The van der Waals surface area contributed by atoms with E-state index in [-0.39, 0.29) is 75.8 Å². The number of carbonyl (C=O) groups excluding carboxylic acids is 5. The van der Waals surface area contributed by atoms with E-state index in [1.54, 1.807) is 32.0 Å². The van der Waals surface area contributed by atoms with Gasteiger partial charge >= 0.3 is 0 Å². The molecule has 23 nitrogen and oxygen atoms in total. The van der Waals surface area contributed by atoms with Crippen LogP contribution < -0.4 is 52.1 Å². The van der Waals surface area contributed by atoms with E-state index in [4.69, 9.17) is 26.1 Å². The van der Waals surface area contributed by atoms with Gasteiger partial charge in [-0.15, -0.1) is 0 Å². The van der Waals surface area contributed by atoms with Gasteiger partial charge in [0, 0.05) is 36.7 Å². The molecule has 5 atom stereocenters. The molecule has 1 aromatic heterocycles. The van der Waals surface area contributed by atoms with Gasteiger partial charge in [-0.25, -0.2) is 15.1 Å². The summed E-state index contributed by atoms with van der Waals surface area (Å²) in [5, 5.41) is 45.5. The van der Waals surface area contributed by atoms with Crippen molar-refractivity contribution in [1.82, 2.24) is 40.9 Å². The summed E-state index contributed by atoms with van der Waals surface area (Å²) in [5.41, 5.74) is 14.1. The number of benzene rings is 3. The monoisotopic (exact) mass is 1010 g/mol. The highest BCUT2D eigenvalue weighted by molar-refractivity contribution is 7.87. The van der Waals surface area contributed by atoms with Crippen LogP contribution in [0, 0.1) is 25.2 Å². The number of likely N-dealkylation sites (N-methyl/N-ethyl adjacent to an activating group) is 1. The minimum absolute atomic E-state index is 0.0222. The lowest BCUT2D eigenvalue weighted by Crippen LogP contribution is -2.57. The summed E-state index contributed by atoms with van der Waals surface area (Å²) < 4.78 is 38.3. The largest absolute Gasteiger partial charge is 0.508 e. The number of aryl methyl sites for hydroxylation is 2. The maximum Gasteiger partial charge on any atom is 0.274 e. The van der Waals surface area contributed by atoms with Crippen molar-refractivity contribution in [2.24, 2.45) is 16.6 Å². The van der Waals surface area contributed by atoms with Crippen LogP contribution in [-0.2, 0) is 41.2 Å². The van der Waals surface area contributed by atoms with Crippen LogP contribution in [0.15, 0.2) is 72.7 Å². The molecule has 5 rings (SSSR count). The lowest BCUT2D eigenvalue weighted by atomic mass is 9.86. The van der Waals surface area contributed by atoms with Crippen LogP contribution in [0.1, 0.15) is 72.2 Å². The number of nitrogens with zero attached hydrogens (tertiary/aromatic N) is 4. The predicted octanol–water partition coefficient (Wildman–Crippen LogP) is 0.394. The fourth-order valence-electron chi connectivity index (χ4n) is 7.62. The highest BCUT2D eigenvalue weighted by Crippen LogP contribution is 2.41. The average Bonchev–Trinajstić information content (AvgIpc) is 3.32. The molecule has 4 aromatic rings. The van der Waals surface area contributed by atoms with Crippen LogP contribution in [0.4, 0.5) is 0 Å². The van der Waals surface area contributed by atoms with Crippen LogP contribution in [0.3, 0.4) is 0 Å². The van der Waals surface area contributed by atoms with E-state index in [2.05, 4.69) is 52.0 Å². The molecule has 24 heteroatoms. The van der Waals surface area contributed by atoms with Crippen molar-refractivity contribution in [2.45, 2.75) is 83.8 Å². The second-order valence-electron chi connectivity index (χ2n) is 17.9. The van der Waals surface area contributed by atoms with Gasteiger partial charge in [0.1, 0.15) is 54.2 Å². The van der Waals surface area contributed by atoms with Gasteiger partial charge in [-0.2, -0.15) is 18.4 Å². The lowest BCUT2D eigenvalue weighted by Gasteiger charge is -2.33. The number of carbonyl (C=O) groups is 5. The number of amides is 5. The minimum atomic E-state index is -4.49. The summed E-state index contributed by atoms with van der Waals surface area (Å²) >= 11 is 0. The Kier molecular flexibility index (Phi) is 18.2. The summed E-state index contributed by atoms with van der Waals surface area (Å²) in [5.74, 6) is -4.47. The Balaban J connectivity index is 1.65. The second kappa shape index (κ2) is 23.6. The molecule has 0 fully saturated rings. The highest BCUT2D eigenvalue weighted by Gasteiger charge is 2.37. The fourth-order valence-corrected chi connectivity index (χ4v) is 8.02. The molecule has 4 bridgehead atoms. The van der Waals surface area contributed by atoms with Gasteiger partial charge in [0.2, 0.25) is 29.9 Å². The first kappa shape index (κ1) is 55.4. The maximum atomic E-state index is 14.9. The zero-order chi connectivity index (χ0) is 53.2. The van der Waals surface area contributed by atoms with Gasteiger partial charge in [0.25, 0.3) is 16.1 Å². The Labute approximate surface area is 416 Å². The summed E-state index contributed by atoms with van der Waals surface area (Å²) in [6.07, 6.45) is -0.758. The summed E-state index contributed by atoms with van der Waals surface area (Å²) in [6, 6.07) is 12.0. The van der Waals surface area contributed by atoms with Gasteiger partial charge in [-0.05, 0) is 67.1 Å². The molecule has 384 valence electrons. The first-order valence-corrected chi connectivity index (χ1v) is 24.0. The molecule has 0 radical (unpaired) electrons. The molecule has 0 unspecified atom stereocenters. The molecule has 0 saturated carbocycles. The predicted molar refractivity (Wildman–Crippen MR) is 263 cm³/mol. The molecule has 0 aliphatic carbocycles. The minimum Gasteiger partial charge on any atom is -0.508 e. The van der Waals surface area contributed by atoms with Crippen molar-refractivity contribution in [2.75, 3.05) is 33.2 Å². The van der Waals surface area contributed by atoms with E-state index >= 15 is 0 Å². The highest BCUT2D eigenvalue weighted by atomic mass is 32.2. The third kappa shape index (κ3) is 14.1. The van der Waals surface area contributed by atoms with Crippen molar-refractivity contribution in [3.05, 3.63) is 106 Å². The number of hydrogen-bond acceptors (Lipinski definition) is 16. The molecule has 5 amide bonds. The van der Waals surface area contributed by atoms with E-state index in [9.17, 15) is 47.9 Å². The number of hydrogen-bond donors (Lipinski definition) is 10. The van der Waals surface area contributed by atoms with E-state index in [1.807, 2.05) is 29.0 Å². The SMILES string of the molecule is Cc1nc(-c2ccc(C(C)(C)C)cc2)nc(C)c1C(=O)N[C@@H](CNS(N)(=O)=O)C(=O)N(C)[C@@H]1C(=O)N[C@@H](C)C(=O)N[C@H](C(=O)NCC#N)Cc2ccc(O/C=C(/O)CN)c(c2)-c2cc1ccc2O[C@H](O)CN. The molecule has 2 heterocycles. The van der Waals surface area contributed by atoms with Crippen LogP contribution in [0.25, 0.3) is 22.5 Å². The van der Waals surface area contributed by atoms with Gasteiger partial charge in [0.05, 0.1) is 36.1 Å². The maximum absolute atomic E-state index is 14.9. The van der Waals surface area contributed by atoms with Crippen LogP contribution in [0.2, 0.25) is 0 Å². The standard InChI is InChI=1S/C48H60N12O11S/c1-25-40(26(2)56-42(55-25)29-9-12-31(13-10-29)48(4,5)6)45(65)59-36(23-54-72(52,68)69)47(67)60(7)41-30-11-15-38(71-39(62)22-51)34(20-30)33-18-28(8-14-37(33)70-24-32(61)21-50)19-35(44(64)53-17-16-49)58-43(63)27(3)57-46(41)66/h8-15,18,20,24,27,35-36,39,41,54,61-62H,17,19,21-23,50-51H2,1-7H3,(H,53,64)(H,57,66)(H,58,63)(H,59,65)(H2,52,68,69)/b32-24+/t27-,35-,36-,39-,41-/m0/s1. The van der Waals surface area contributed by atoms with Crippen molar-refractivity contribution < 1.29 is 52.1 Å². The molecule has 13 N–H and O–H groups in total. The molecular weight excluding hydrogens is 953 g/mol. The van der Waals surface area contributed by atoms with Crippen LogP contribution in [-0.4, -0.2) is 121 Å². The quantitative estimate of drug-likeness (QED) is 0.0412. The Bertz CT molecular complexity index is 2860. The normalized spacial score (nSPS) is 17.2. The van der Waals surface area contributed by atoms with E-state index in [0.717, 1.165) is 16.7 Å². The van der Waals surface area contributed by atoms with Crippen molar-refractivity contribution >= 4 is 39.7 Å². The van der Waals surface area contributed by atoms with Gasteiger partial charge in [-0.3, -0.25) is 24.0 Å².